The molecular weight excluding hydrogens is 258 g/mol. The second kappa shape index (κ2) is 4.20. The van der Waals surface area contributed by atoms with Crippen LogP contribution in [0.15, 0.2) is 30.6 Å². The summed E-state index contributed by atoms with van der Waals surface area (Å²) in [7, 11) is 0. The summed E-state index contributed by atoms with van der Waals surface area (Å²) in [6.45, 7) is 13.7. The number of aromatic amines is 1. The van der Waals surface area contributed by atoms with Crippen molar-refractivity contribution in [1.29, 1.82) is 0 Å². The van der Waals surface area contributed by atoms with Crippen LogP contribution in [0.4, 0.5) is 0 Å². The summed E-state index contributed by atoms with van der Waals surface area (Å²) in [5.41, 5.74) is 3.58. The van der Waals surface area contributed by atoms with E-state index in [1.807, 2.05) is 12.3 Å². The third kappa shape index (κ3) is 2.11. The van der Waals surface area contributed by atoms with Gasteiger partial charge in [0.15, 0.2) is 0 Å². The highest BCUT2D eigenvalue weighted by atomic mass is 15.1. The molecule has 0 atom stereocenters. The van der Waals surface area contributed by atoms with Crippen LogP contribution in [0.25, 0.3) is 16.6 Å². The monoisotopic (exact) mass is 283 g/mol. The summed E-state index contributed by atoms with van der Waals surface area (Å²) < 4.78 is 0. The predicted octanol–water partition coefficient (Wildman–Crippen LogP) is 4.13. The van der Waals surface area contributed by atoms with Gasteiger partial charge in [0.25, 0.3) is 0 Å². The largest absolute Gasteiger partial charge is 0.346 e. The van der Waals surface area contributed by atoms with E-state index in [9.17, 15) is 0 Å². The van der Waals surface area contributed by atoms with Gasteiger partial charge in [-0.05, 0) is 45.4 Å². The van der Waals surface area contributed by atoms with Gasteiger partial charge < -0.3 is 10.3 Å². The Morgan fingerprint density at radius 3 is 2.48 bits per heavy atom. The molecule has 0 saturated heterocycles. The van der Waals surface area contributed by atoms with Crippen LogP contribution in [-0.4, -0.2) is 21.0 Å². The van der Waals surface area contributed by atoms with Crippen molar-refractivity contribution in [1.82, 2.24) is 15.3 Å². The Bertz CT molecular complexity index is 717. The molecule has 0 bridgehead atoms. The zero-order chi connectivity index (χ0) is 15.5. The Morgan fingerprint density at radius 2 is 1.76 bits per heavy atom. The lowest BCUT2D eigenvalue weighted by molar-refractivity contribution is 0.161. The van der Waals surface area contributed by atoms with Crippen LogP contribution in [0.2, 0.25) is 0 Å². The molecule has 0 spiro atoms. The standard InChI is InChI=1S/C18H25N3/c1-16(2)10-14(17(3,4)21-18(16,5)6)13-11-20-15-12(13)8-7-9-19-15/h7-11,21H,1-6H3,(H,19,20). The highest BCUT2D eigenvalue weighted by Gasteiger charge is 2.45. The number of H-pyrrole nitrogens is 1. The summed E-state index contributed by atoms with van der Waals surface area (Å²) in [6.07, 6.45) is 6.34. The zero-order valence-corrected chi connectivity index (χ0v) is 13.8. The Morgan fingerprint density at radius 1 is 1.05 bits per heavy atom. The van der Waals surface area contributed by atoms with Crippen LogP contribution >= 0.6 is 0 Å². The fourth-order valence-electron chi connectivity index (χ4n) is 3.32. The van der Waals surface area contributed by atoms with Crippen LogP contribution in [0.1, 0.15) is 47.1 Å². The highest BCUT2D eigenvalue weighted by Crippen LogP contribution is 2.45. The van der Waals surface area contributed by atoms with Gasteiger partial charge in [-0.25, -0.2) is 4.98 Å². The minimum Gasteiger partial charge on any atom is -0.346 e. The average Bonchev–Trinajstić information content (AvgIpc) is 2.76. The molecule has 2 aromatic heterocycles. The van der Waals surface area contributed by atoms with E-state index in [-0.39, 0.29) is 16.5 Å². The quantitative estimate of drug-likeness (QED) is 0.826. The van der Waals surface area contributed by atoms with Gasteiger partial charge in [0.05, 0.1) is 0 Å². The molecule has 112 valence electrons. The maximum Gasteiger partial charge on any atom is 0.137 e. The second-order valence-corrected chi connectivity index (χ2v) is 7.76. The van der Waals surface area contributed by atoms with Gasteiger partial charge >= 0.3 is 0 Å². The lowest BCUT2D eigenvalue weighted by atomic mass is 9.66. The third-order valence-corrected chi connectivity index (χ3v) is 5.16. The van der Waals surface area contributed by atoms with Crippen molar-refractivity contribution in [3.05, 3.63) is 36.2 Å². The molecule has 3 nitrogen and oxygen atoms in total. The van der Waals surface area contributed by atoms with Crippen molar-refractivity contribution in [3.8, 4) is 0 Å². The summed E-state index contributed by atoms with van der Waals surface area (Å²) in [5.74, 6) is 0. The molecule has 1 aliphatic rings. The fraction of sp³-hybridized carbons (Fsp3) is 0.500. The lowest BCUT2D eigenvalue weighted by Gasteiger charge is -2.52. The van der Waals surface area contributed by atoms with Gasteiger partial charge in [0.1, 0.15) is 5.65 Å². The van der Waals surface area contributed by atoms with E-state index in [2.05, 4.69) is 75.2 Å². The minimum absolute atomic E-state index is 0.0460. The van der Waals surface area contributed by atoms with E-state index in [0.717, 1.165) is 5.65 Å². The van der Waals surface area contributed by atoms with E-state index in [4.69, 9.17) is 0 Å². The fourth-order valence-corrected chi connectivity index (χ4v) is 3.32. The number of aromatic nitrogens is 2. The molecule has 0 unspecified atom stereocenters. The van der Waals surface area contributed by atoms with Gasteiger partial charge in [-0.15, -0.1) is 0 Å². The van der Waals surface area contributed by atoms with Crippen LogP contribution in [0.5, 0.6) is 0 Å². The number of hydrogen-bond acceptors (Lipinski definition) is 2. The Hall–Kier alpha value is -1.61. The highest BCUT2D eigenvalue weighted by molar-refractivity contribution is 5.93. The molecular formula is C18H25N3. The number of pyridine rings is 1. The topological polar surface area (TPSA) is 40.7 Å². The minimum atomic E-state index is -0.0794. The number of nitrogens with one attached hydrogen (secondary N) is 2. The first-order chi connectivity index (χ1) is 9.64. The molecule has 2 aromatic rings. The molecule has 0 saturated carbocycles. The first-order valence-electron chi connectivity index (χ1n) is 7.59. The van der Waals surface area contributed by atoms with Crippen LogP contribution in [0.3, 0.4) is 0 Å². The van der Waals surface area contributed by atoms with Crippen molar-refractivity contribution in [2.24, 2.45) is 5.41 Å². The molecule has 0 aromatic carbocycles. The smallest absolute Gasteiger partial charge is 0.137 e. The van der Waals surface area contributed by atoms with E-state index in [0.29, 0.717) is 0 Å². The molecule has 0 radical (unpaired) electrons. The average molecular weight is 283 g/mol. The van der Waals surface area contributed by atoms with Crippen molar-refractivity contribution >= 4 is 16.6 Å². The van der Waals surface area contributed by atoms with Crippen molar-refractivity contribution in [2.75, 3.05) is 0 Å². The summed E-state index contributed by atoms with van der Waals surface area (Å²) >= 11 is 0. The van der Waals surface area contributed by atoms with Crippen LogP contribution in [0, 0.1) is 5.41 Å². The Labute approximate surface area is 126 Å². The van der Waals surface area contributed by atoms with Crippen molar-refractivity contribution < 1.29 is 0 Å². The molecule has 3 rings (SSSR count). The molecule has 1 aliphatic heterocycles. The molecule has 0 fully saturated rings. The van der Waals surface area contributed by atoms with Gasteiger partial charge in [0.2, 0.25) is 0 Å². The molecule has 0 aliphatic carbocycles. The van der Waals surface area contributed by atoms with E-state index >= 15 is 0 Å². The van der Waals surface area contributed by atoms with Crippen molar-refractivity contribution in [2.45, 2.75) is 52.6 Å². The summed E-state index contributed by atoms with van der Waals surface area (Å²) in [6, 6.07) is 4.14. The van der Waals surface area contributed by atoms with E-state index in [1.54, 1.807) is 0 Å². The third-order valence-electron chi connectivity index (χ3n) is 5.16. The first kappa shape index (κ1) is 14.3. The molecule has 3 heteroatoms. The van der Waals surface area contributed by atoms with Crippen LogP contribution < -0.4 is 5.32 Å². The van der Waals surface area contributed by atoms with Gasteiger partial charge in [-0.3, -0.25) is 0 Å². The second-order valence-electron chi connectivity index (χ2n) is 7.76. The molecule has 2 N–H and O–H groups in total. The summed E-state index contributed by atoms with van der Waals surface area (Å²) in [4.78, 5) is 7.70. The normalized spacial score (nSPS) is 23.0. The first-order valence-corrected chi connectivity index (χ1v) is 7.59. The van der Waals surface area contributed by atoms with Gasteiger partial charge in [-0.2, -0.15) is 0 Å². The van der Waals surface area contributed by atoms with E-state index in [1.165, 1.54) is 16.5 Å². The van der Waals surface area contributed by atoms with Gasteiger partial charge in [0, 0.05) is 39.8 Å². The number of hydrogen-bond donors (Lipinski definition) is 2. The zero-order valence-electron chi connectivity index (χ0n) is 13.8. The maximum absolute atomic E-state index is 4.41. The van der Waals surface area contributed by atoms with Crippen LogP contribution in [-0.2, 0) is 0 Å². The number of nitrogens with zero attached hydrogens (tertiary/aromatic N) is 1. The molecule has 21 heavy (non-hydrogen) atoms. The van der Waals surface area contributed by atoms with E-state index < -0.39 is 0 Å². The molecule has 0 amide bonds. The Balaban J connectivity index is 2.23. The SMILES string of the molecule is CC1(C)NC(C)(C)C(C)(C)C=C1c1c[nH]c2ncccc12. The molecule has 3 heterocycles. The Kier molecular flexibility index (Phi) is 2.87. The lowest BCUT2D eigenvalue weighted by Crippen LogP contribution is -2.62. The maximum atomic E-state index is 4.41. The van der Waals surface area contributed by atoms with Gasteiger partial charge in [-0.1, -0.05) is 19.9 Å². The summed E-state index contributed by atoms with van der Waals surface area (Å²) in [5, 5.41) is 5.01. The predicted molar refractivity (Wildman–Crippen MR) is 89.1 cm³/mol. The van der Waals surface area contributed by atoms with Crippen molar-refractivity contribution in [3.63, 3.8) is 0 Å². The number of fused-ring (bicyclic) bond motifs is 1. The number of rotatable bonds is 1.